The van der Waals surface area contributed by atoms with E-state index in [0.29, 0.717) is 19.8 Å². The molecule has 126 valence electrons. The van der Waals surface area contributed by atoms with E-state index in [9.17, 15) is 0 Å². The van der Waals surface area contributed by atoms with Gasteiger partial charge in [0.15, 0.2) is 0 Å². The molecule has 2 heterocycles. The Morgan fingerprint density at radius 1 is 1.04 bits per heavy atom. The van der Waals surface area contributed by atoms with E-state index in [4.69, 9.17) is 10.5 Å². The highest BCUT2D eigenvalue weighted by atomic mass is 32.1. The van der Waals surface area contributed by atoms with Gasteiger partial charge >= 0.3 is 0 Å². The van der Waals surface area contributed by atoms with E-state index < -0.39 is 0 Å². The highest BCUT2D eigenvalue weighted by Crippen LogP contribution is 2.20. The van der Waals surface area contributed by atoms with Gasteiger partial charge in [0.2, 0.25) is 0 Å². The van der Waals surface area contributed by atoms with Crippen LogP contribution in [0.5, 0.6) is 0 Å². The van der Waals surface area contributed by atoms with Crippen molar-refractivity contribution >= 4 is 22.4 Å². The van der Waals surface area contributed by atoms with Crippen LogP contribution >= 0.6 is 11.3 Å². The van der Waals surface area contributed by atoms with Crippen LogP contribution in [0.3, 0.4) is 0 Å². The number of nitrogens with zero attached hydrogens (tertiary/aromatic N) is 3. The van der Waals surface area contributed by atoms with Crippen molar-refractivity contribution < 1.29 is 4.74 Å². The van der Waals surface area contributed by atoms with Crippen molar-refractivity contribution in [2.24, 2.45) is 5.73 Å². The molecule has 2 aromatic heterocycles. The number of nitrogens with two attached hydrogens (primary N) is 1. The lowest BCUT2D eigenvalue weighted by Crippen LogP contribution is -1.98. The van der Waals surface area contributed by atoms with E-state index in [2.05, 4.69) is 38.8 Å². The van der Waals surface area contributed by atoms with E-state index in [0.717, 1.165) is 32.9 Å². The highest BCUT2D eigenvalue weighted by Gasteiger charge is 2.06. The summed E-state index contributed by atoms with van der Waals surface area (Å²) in [7, 11) is 0. The van der Waals surface area contributed by atoms with Gasteiger partial charge in [-0.05, 0) is 35.4 Å². The number of ether oxygens (including phenoxy) is 1. The molecule has 2 aromatic carbocycles. The number of benzene rings is 2. The Kier molecular flexibility index (Phi) is 4.56. The number of aromatic nitrogens is 3. The topological polar surface area (TPSA) is 66.0 Å². The lowest BCUT2D eigenvalue weighted by atomic mass is 10.2. The van der Waals surface area contributed by atoms with E-state index in [-0.39, 0.29) is 0 Å². The van der Waals surface area contributed by atoms with Crippen molar-refractivity contribution in [3.05, 3.63) is 76.5 Å². The minimum atomic E-state index is 0.523. The molecular formula is C19H18N4OS. The Bertz CT molecular complexity index is 978. The van der Waals surface area contributed by atoms with Gasteiger partial charge in [-0.15, -0.1) is 11.3 Å². The van der Waals surface area contributed by atoms with E-state index in [1.54, 1.807) is 17.5 Å². The second-order valence-corrected chi connectivity index (χ2v) is 6.71. The summed E-state index contributed by atoms with van der Waals surface area (Å²) in [5, 5.41) is 2.95. The number of rotatable bonds is 6. The van der Waals surface area contributed by atoms with Crippen LogP contribution in [0.15, 0.2) is 60.4 Å². The van der Waals surface area contributed by atoms with E-state index >= 15 is 0 Å². The maximum atomic E-state index is 5.76. The average Bonchev–Trinajstić information content (AvgIpc) is 3.31. The minimum absolute atomic E-state index is 0.523. The fourth-order valence-corrected chi connectivity index (χ4v) is 3.32. The highest BCUT2D eigenvalue weighted by molar-refractivity contribution is 7.09. The minimum Gasteiger partial charge on any atom is -0.370 e. The number of imidazole rings is 1. The first kappa shape index (κ1) is 16.0. The second kappa shape index (κ2) is 7.14. The summed E-state index contributed by atoms with van der Waals surface area (Å²) in [5.41, 5.74) is 11.0. The monoisotopic (exact) mass is 350 g/mol. The lowest BCUT2D eigenvalue weighted by Gasteiger charge is -2.08. The van der Waals surface area contributed by atoms with Crippen LogP contribution < -0.4 is 5.73 Å². The molecule has 0 saturated carbocycles. The zero-order chi connectivity index (χ0) is 17.1. The van der Waals surface area contributed by atoms with Crippen molar-refractivity contribution in [2.75, 3.05) is 0 Å². The molecule has 6 heteroatoms. The first-order valence-corrected chi connectivity index (χ1v) is 8.93. The first-order valence-electron chi connectivity index (χ1n) is 8.05. The van der Waals surface area contributed by atoms with Gasteiger partial charge < -0.3 is 10.5 Å². The molecular weight excluding hydrogens is 332 g/mol. The van der Waals surface area contributed by atoms with Crippen LogP contribution in [-0.4, -0.2) is 14.5 Å². The normalized spacial score (nSPS) is 11.2. The Balaban J connectivity index is 1.54. The van der Waals surface area contributed by atoms with Gasteiger partial charge in [0.05, 0.1) is 24.2 Å². The van der Waals surface area contributed by atoms with Crippen molar-refractivity contribution in [3.63, 3.8) is 0 Å². The van der Waals surface area contributed by atoms with Gasteiger partial charge in [-0.1, -0.05) is 18.2 Å². The van der Waals surface area contributed by atoms with E-state index in [1.165, 1.54) is 0 Å². The lowest BCUT2D eigenvalue weighted by molar-refractivity contribution is 0.107. The summed E-state index contributed by atoms with van der Waals surface area (Å²) in [6.45, 7) is 1.61. The molecule has 0 radical (unpaired) electrons. The molecule has 0 unspecified atom stereocenters. The molecule has 4 rings (SSSR count). The summed E-state index contributed by atoms with van der Waals surface area (Å²) in [6.07, 6.45) is 3.64. The van der Waals surface area contributed by atoms with Gasteiger partial charge in [-0.3, -0.25) is 4.57 Å². The SMILES string of the molecule is NCc1ccc2c(c1)ncn2-c1cccc(COCc2nccs2)c1. The standard InChI is InChI=1S/C19H18N4OS/c20-10-14-4-5-18-17(9-14)22-13-23(18)16-3-1-2-15(8-16)11-24-12-19-21-6-7-25-19/h1-9,13H,10-12,20H2. The fraction of sp³-hybridized carbons (Fsp3) is 0.158. The molecule has 0 aliphatic heterocycles. The van der Waals surface area contributed by atoms with Crippen molar-refractivity contribution in [1.29, 1.82) is 0 Å². The molecule has 0 bridgehead atoms. The van der Waals surface area contributed by atoms with Crippen LogP contribution in [0.2, 0.25) is 0 Å². The molecule has 5 nitrogen and oxygen atoms in total. The smallest absolute Gasteiger partial charge is 0.118 e. The summed E-state index contributed by atoms with van der Waals surface area (Å²) < 4.78 is 7.85. The molecule has 2 N–H and O–H groups in total. The average molecular weight is 350 g/mol. The molecule has 4 aromatic rings. The third-order valence-electron chi connectivity index (χ3n) is 4.01. The number of fused-ring (bicyclic) bond motifs is 1. The number of hydrogen-bond acceptors (Lipinski definition) is 5. The fourth-order valence-electron chi connectivity index (χ4n) is 2.77. The molecule has 0 aliphatic rings. The largest absolute Gasteiger partial charge is 0.370 e. The molecule has 0 atom stereocenters. The van der Waals surface area contributed by atoms with Crippen LogP contribution in [0.1, 0.15) is 16.1 Å². The van der Waals surface area contributed by atoms with Gasteiger partial charge in [-0.25, -0.2) is 9.97 Å². The molecule has 0 saturated heterocycles. The summed E-state index contributed by atoms with van der Waals surface area (Å²) in [6, 6.07) is 14.4. The number of hydrogen-bond donors (Lipinski definition) is 1. The van der Waals surface area contributed by atoms with Crippen LogP contribution in [0, 0.1) is 0 Å². The van der Waals surface area contributed by atoms with Crippen LogP contribution in [0.4, 0.5) is 0 Å². The quantitative estimate of drug-likeness (QED) is 0.576. The summed E-state index contributed by atoms with van der Waals surface area (Å²) in [4.78, 5) is 8.72. The maximum absolute atomic E-state index is 5.76. The zero-order valence-electron chi connectivity index (χ0n) is 13.6. The Labute approximate surface area is 149 Å². The Hall–Kier alpha value is -2.54. The maximum Gasteiger partial charge on any atom is 0.118 e. The van der Waals surface area contributed by atoms with Crippen molar-refractivity contribution in [2.45, 2.75) is 19.8 Å². The number of thiazole rings is 1. The first-order chi connectivity index (χ1) is 12.3. The molecule has 25 heavy (non-hydrogen) atoms. The molecule has 0 aliphatic carbocycles. The van der Waals surface area contributed by atoms with Gasteiger partial charge in [0.1, 0.15) is 11.3 Å². The van der Waals surface area contributed by atoms with Gasteiger partial charge in [-0.2, -0.15) is 0 Å². The van der Waals surface area contributed by atoms with Crippen molar-refractivity contribution in [1.82, 2.24) is 14.5 Å². The predicted molar refractivity (Wildman–Crippen MR) is 99.6 cm³/mol. The van der Waals surface area contributed by atoms with Gasteiger partial charge in [0.25, 0.3) is 0 Å². The van der Waals surface area contributed by atoms with Gasteiger partial charge in [0, 0.05) is 23.8 Å². The van der Waals surface area contributed by atoms with Crippen LogP contribution in [-0.2, 0) is 24.5 Å². The summed E-state index contributed by atoms with van der Waals surface area (Å²) >= 11 is 1.61. The third kappa shape index (κ3) is 3.46. The van der Waals surface area contributed by atoms with Crippen LogP contribution in [0.25, 0.3) is 16.7 Å². The van der Waals surface area contributed by atoms with E-state index in [1.807, 2.05) is 29.9 Å². The molecule has 0 amide bonds. The predicted octanol–water partition coefficient (Wildman–Crippen LogP) is 3.66. The third-order valence-corrected chi connectivity index (χ3v) is 4.77. The zero-order valence-corrected chi connectivity index (χ0v) is 14.4. The molecule has 0 spiro atoms. The van der Waals surface area contributed by atoms with Crippen molar-refractivity contribution in [3.8, 4) is 5.69 Å². The Morgan fingerprint density at radius 3 is 2.84 bits per heavy atom. The molecule has 0 fully saturated rings. The Morgan fingerprint density at radius 2 is 2.00 bits per heavy atom. The second-order valence-electron chi connectivity index (χ2n) is 5.73. The summed E-state index contributed by atoms with van der Waals surface area (Å²) in [5.74, 6) is 0.